The molecule has 2 heterocycles. The number of hydrogen-bond acceptors (Lipinski definition) is 3. The molecule has 0 saturated heterocycles. The maximum atomic E-state index is 4.44. The van der Waals surface area contributed by atoms with Crippen LogP contribution < -0.4 is 5.32 Å². The first-order valence-corrected chi connectivity index (χ1v) is 7.13. The molecule has 0 saturated carbocycles. The highest BCUT2D eigenvalue weighted by Crippen LogP contribution is 2.40. The molecule has 98 valence electrons. The van der Waals surface area contributed by atoms with Crippen molar-refractivity contribution < 1.29 is 0 Å². The number of H-pyrrole nitrogens is 1. The zero-order valence-electron chi connectivity index (χ0n) is 10.5. The molecule has 1 aliphatic rings. The van der Waals surface area contributed by atoms with E-state index < -0.39 is 0 Å². The Morgan fingerprint density at radius 1 is 1.25 bits per heavy atom. The Bertz CT molecular complexity index is 780. The van der Waals surface area contributed by atoms with Gasteiger partial charge in [0.1, 0.15) is 5.82 Å². The van der Waals surface area contributed by atoms with Crippen LogP contribution in [0.15, 0.2) is 47.2 Å². The Labute approximate surface area is 124 Å². The number of anilines is 2. The molecule has 0 fully saturated rings. The van der Waals surface area contributed by atoms with Crippen molar-refractivity contribution in [3.8, 4) is 11.3 Å². The van der Waals surface area contributed by atoms with E-state index in [1.54, 1.807) is 12.4 Å². The second-order valence-electron chi connectivity index (χ2n) is 4.77. The smallest absolute Gasteiger partial charge is 0.130 e. The van der Waals surface area contributed by atoms with Gasteiger partial charge in [-0.3, -0.25) is 10.1 Å². The molecule has 5 heteroatoms. The number of rotatable bonds is 2. The molecule has 1 aromatic carbocycles. The molecule has 20 heavy (non-hydrogen) atoms. The topological polar surface area (TPSA) is 53.6 Å². The molecule has 2 aromatic heterocycles. The van der Waals surface area contributed by atoms with Crippen LogP contribution in [0.2, 0.25) is 0 Å². The normalized spacial score (nSPS) is 12.1. The van der Waals surface area contributed by atoms with Gasteiger partial charge in [-0.1, -0.05) is 22.0 Å². The zero-order chi connectivity index (χ0) is 13.5. The Morgan fingerprint density at radius 3 is 3.05 bits per heavy atom. The molecular weight excluding hydrogens is 316 g/mol. The third-order valence-electron chi connectivity index (χ3n) is 3.49. The van der Waals surface area contributed by atoms with Crippen LogP contribution in [-0.4, -0.2) is 15.2 Å². The Morgan fingerprint density at radius 2 is 2.20 bits per heavy atom. The number of nitrogens with one attached hydrogen (secondary N) is 2. The quantitative estimate of drug-likeness (QED) is 0.587. The molecule has 0 spiro atoms. The fourth-order valence-electron chi connectivity index (χ4n) is 2.57. The molecule has 0 amide bonds. The van der Waals surface area contributed by atoms with Crippen molar-refractivity contribution in [1.82, 2.24) is 15.2 Å². The lowest BCUT2D eigenvalue weighted by Crippen LogP contribution is -1.94. The van der Waals surface area contributed by atoms with E-state index in [1.807, 2.05) is 12.1 Å². The SMILES string of the molecule is Brc1ccc2c(c1)Cc1c-2n[nH]c1Nc1cccnc1. The summed E-state index contributed by atoms with van der Waals surface area (Å²) in [6.45, 7) is 0. The van der Waals surface area contributed by atoms with Crippen molar-refractivity contribution in [3.05, 3.63) is 58.3 Å². The van der Waals surface area contributed by atoms with E-state index in [9.17, 15) is 0 Å². The number of halogens is 1. The third-order valence-corrected chi connectivity index (χ3v) is 3.98. The molecule has 0 radical (unpaired) electrons. The lowest BCUT2D eigenvalue weighted by atomic mass is 10.1. The first kappa shape index (κ1) is 11.7. The molecule has 4 nitrogen and oxygen atoms in total. The number of pyridine rings is 1. The van der Waals surface area contributed by atoms with Gasteiger partial charge in [-0.2, -0.15) is 5.10 Å². The third kappa shape index (κ3) is 1.82. The van der Waals surface area contributed by atoms with Crippen LogP contribution >= 0.6 is 15.9 Å². The standard InChI is InChI=1S/C15H11BrN4/c16-10-3-4-12-9(6-10)7-13-14(12)19-20-15(13)18-11-2-1-5-17-8-11/h1-6,8H,7H2,(H2,18,19,20). The number of fused-ring (bicyclic) bond motifs is 3. The van der Waals surface area contributed by atoms with Gasteiger partial charge in [0.2, 0.25) is 0 Å². The molecular formula is C15H11BrN4. The van der Waals surface area contributed by atoms with E-state index in [1.165, 1.54) is 16.7 Å². The molecule has 0 atom stereocenters. The van der Waals surface area contributed by atoms with Crippen LogP contribution in [-0.2, 0) is 6.42 Å². The maximum Gasteiger partial charge on any atom is 0.130 e. The summed E-state index contributed by atoms with van der Waals surface area (Å²) >= 11 is 3.52. The molecule has 1 aliphatic carbocycles. The van der Waals surface area contributed by atoms with E-state index in [0.29, 0.717) is 0 Å². The van der Waals surface area contributed by atoms with Crippen LogP contribution in [0.5, 0.6) is 0 Å². The van der Waals surface area contributed by atoms with Crippen LogP contribution in [0.4, 0.5) is 11.5 Å². The second kappa shape index (κ2) is 4.45. The van der Waals surface area contributed by atoms with Crippen LogP contribution in [0.1, 0.15) is 11.1 Å². The molecule has 0 aliphatic heterocycles. The molecule has 3 aromatic rings. The second-order valence-corrected chi connectivity index (χ2v) is 5.69. The Balaban J connectivity index is 1.72. The van der Waals surface area contributed by atoms with Gasteiger partial charge in [-0.25, -0.2) is 0 Å². The molecule has 0 unspecified atom stereocenters. The summed E-state index contributed by atoms with van der Waals surface area (Å²) in [6.07, 6.45) is 4.45. The van der Waals surface area contributed by atoms with E-state index >= 15 is 0 Å². The molecule has 2 N–H and O–H groups in total. The average molecular weight is 327 g/mol. The van der Waals surface area contributed by atoms with E-state index in [-0.39, 0.29) is 0 Å². The number of hydrogen-bond donors (Lipinski definition) is 2. The van der Waals surface area contributed by atoms with E-state index in [2.05, 4.69) is 54.6 Å². The maximum absolute atomic E-state index is 4.44. The number of aromatic nitrogens is 3. The summed E-state index contributed by atoms with van der Waals surface area (Å²) in [4.78, 5) is 4.11. The summed E-state index contributed by atoms with van der Waals surface area (Å²) in [7, 11) is 0. The first-order chi connectivity index (χ1) is 9.81. The van der Waals surface area contributed by atoms with E-state index in [4.69, 9.17) is 0 Å². The van der Waals surface area contributed by atoms with Gasteiger partial charge in [-0.05, 0) is 29.8 Å². The van der Waals surface area contributed by atoms with Crippen molar-refractivity contribution in [2.24, 2.45) is 0 Å². The number of nitrogens with zero attached hydrogens (tertiary/aromatic N) is 2. The minimum atomic E-state index is 0.892. The van der Waals surface area contributed by atoms with Crippen molar-refractivity contribution in [3.63, 3.8) is 0 Å². The fourth-order valence-corrected chi connectivity index (χ4v) is 2.98. The van der Waals surface area contributed by atoms with Gasteiger partial charge in [0, 0.05) is 28.2 Å². The van der Waals surface area contributed by atoms with Crippen LogP contribution in [0.3, 0.4) is 0 Å². The highest BCUT2D eigenvalue weighted by Gasteiger charge is 2.24. The fraction of sp³-hybridized carbons (Fsp3) is 0.0667. The zero-order valence-corrected chi connectivity index (χ0v) is 12.1. The predicted octanol–water partition coefficient (Wildman–Crippen LogP) is 3.88. The summed E-state index contributed by atoms with van der Waals surface area (Å²) < 4.78 is 1.10. The van der Waals surface area contributed by atoms with Crippen LogP contribution in [0.25, 0.3) is 11.3 Å². The largest absolute Gasteiger partial charge is 0.339 e. The number of aromatic amines is 1. The van der Waals surface area contributed by atoms with Gasteiger partial charge >= 0.3 is 0 Å². The Kier molecular flexibility index (Phi) is 2.60. The van der Waals surface area contributed by atoms with Gasteiger partial charge in [0.15, 0.2) is 0 Å². The summed E-state index contributed by atoms with van der Waals surface area (Å²) in [5.41, 5.74) is 5.72. The van der Waals surface area contributed by atoms with Gasteiger partial charge in [0.25, 0.3) is 0 Å². The van der Waals surface area contributed by atoms with Crippen molar-refractivity contribution in [1.29, 1.82) is 0 Å². The van der Waals surface area contributed by atoms with Crippen LogP contribution in [0, 0.1) is 0 Å². The van der Waals surface area contributed by atoms with Gasteiger partial charge < -0.3 is 5.32 Å². The van der Waals surface area contributed by atoms with E-state index in [0.717, 1.165) is 28.1 Å². The van der Waals surface area contributed by atoms with Crippen molar-refractivity contribution in [2.75, 3.05) is 5.32 Å². The highest BCUT2D eigenvalue weighted by molar-refractivity contribution is 9.10. The minimum Gasteiger partial charge on any atom is -0.339 e. The van der Waals surface area contributed by atoms with Crippen molar-refractivity contribution in [2.45, 2.75) is 6.42 Å². The summed E-state index contributed by atoms with van der Waals surface area (Å²) in [5.74, 6) is 0.945. The molecule has 4 rings (SSSR count). The van der Waals surface area contributed by atoms with Gasteiger partial charge in [-0.15, -0.1) is 0 Å². The lowest BCUT2D eigenvalue weighted by molar-refractivity contribution is 1.09. The summed E-state index contributed by atoms with van der Waals surface area (Å²) in [5, 5.41) is 10.9. The average Bonchev–Trinajstić information content (AvgIpc) is 2.99. The monoisotopic (exact) mass is 326 g/mol. The Hall–Kier alpha value is -2.14. The summed E-state index contributed by atoms with van der Waals surface area (Å²) in [6, 6.07) is 10.2. The van der Waals surface area contributed by atoms with Crippen molar-refractivity contribution >= 4 is 27.4 Å². The first-order valence-electron chi connectivity index (χ1n) is 6.34. The predicted molar refractivity (Wildman–Crippen MR) is 82.0 cm³/mol. The molecule has 0 bridgehead atoms. The van der Waals surface area contributed by atoms with Gasteiger partial charge in [0.05, 0.1) is 17.6 Å². The number of benzene rings is 1. The minimum absolute atomic E-state index is 0.892. The highest BCUT2D eigenvalue weighted by atomic mass is 79.9. The lowest BCUT2D eigenvalue weighted by Gasteiger charge is -2.04.